The SMILES string of the molecule is Cc1ccnc(N)c1C(NN)c1ccc2ccccc2c1. The summed E-state index contributed by atoms with van der Waals surface area (Å²) in [5.41, 5.74) is 12.0. The average molecular weight is 278 g/mol. The monoisotopic (exact) mass is 278 g/mol. The van der Waals surface area contributed by atoms with E-state index in [2.05, 4.69) is 40.7 Å². The fourth-order valence-corrected chi connectivity index (χ4v) is 2.70. The van der Waals surface area contributed by atoms with Crippen molar-refractivity contribution in [2.24, 2.45) is 5.84 Å². The van der Waals surface area contributed by atoms with E-state index in [9.17, 15) is 0 Å². The molecule has 1 unspecified atom stereocenters. The standard InChI is InChI=1S/C17H18N4/c1-11-8-9-20-17(18)15(11)16(21-19)14-7-6-12-4-2-3-5-13(12)10-14/h2-10,16,21H,19H2,1H3,(H2,18,20). The number of hydrogen-bond acceptors (Lipinski definition) is 4. The van der Waals surface area contributed by atoms with Crippen LogP contribution in [-0.2, 0) is 0 Å². The number of fused-ring (bicyclic) bond motifs is 1. The van der Waals surface area contributed by atoms with E-state index in [4.69, 9.17) is 11.6 Å². The second-order valence-corrected chi connectivity index (χ2v) is 5.13. The minimum Gasteiger partial charge on any atom is -0.383 e. The van der Waals surface area contributed by atoms with Crippen molar-refractivity contribution in [1.82, 2.24) is 10.4 Å². The van der Waals surface area contributed by atoms with E-state index in [1.165, 1.54) is 10.8 Å². The van der Waals surface area contributed by atoms with Gasteiger partial charge in [0, 0.05) is 11.8 Å². The molecule has 0 saturated carbocycles. The molecule has 0 amide bonds. The summed E-state index contributed by atoms with van der Waals surface area (Å²) in [5, 5.41) is 2.38. The Kier molecular flexibility index (Phi) is 3.56. The van der Waals surface area contributed by atoms with Gasteiger partial charge in [-0.2, -0.15) is 0 Å². The Bertz CT molecular complexity index is 762. The molecule has 0 saturated heterocycles. The van der Waals surface area contributed by atoms with Crippen molar-refractivity contribution in [2.75, 3.05) is 5.73 Å². The molecule has 0 aliphatic carbocycles. The number of aryl methyl sites for hydroxylation is 1. The molecule has 3 aromatic rings. The van der Waals surface area contributed by atoms with Crippen molar-refractivity contribution >= 4 is 16.6 Å². The van der Waals surface area contributed by atoms with Gasteiger partial charge in [-0.25, -0.2) is 10.4 Å². The van der Waals surface area contributed by atoms with Gasteiger partial charge in [-0.05, 0) is 41.0 Å². The van der Waals surface area contributed by atoms with Crippen LogP contribution in [0.5, 0.6) is 0 Å². The van der Waals surface area contributed by atoms with Crippen LogP contribution in [0, 0.1) is 6.92 Å². The van der Waals surface area contributed by atoms with Crippen LogP contribution in [0.4, 0.5) is 5.82 Å². The largest absolute Gasteiger partial charge is 0.383 e. The van der Waals surface area contributed by atoms with E-state index >= 15 is 0 Å². The number of hydrazine groups is 1. The van der Waals surface area contributed by atoms with Gasteiger partial charge in [0.1, 0.15) is 5.82 Å². The van der Waals surface area contributed by atoms with E-state index in [1.54, 1.807) is 6.20 Å². The molecule has 0 bridgehead atoms. The first-order valence-corrected chi connectivity index (χ1v) is 6.86. The van der Waals surface area contributed by atoms with Gasteiger partial charge in [0.25, 0.3) is 0 Å². The summed E-state index contributed by atoms with van der Waals surface area (Å²) >= 11 is 0. The van der Waals surface area contributed by atoms with Crippen LogP contribution < -0.4 is 17.0 Å². The van der Waals surface area contributed by atoms with Gasteiger partial charge in [0.15, 0.2) is 0 Å². The van der Waals surface area contributed by atoms with E-state index in [1.807, 2.05) is 25.1 Å². The normalized spacial score (nSPS) is 12.5. The third-order valence-corrected chi connectivity index (χ3v) is 3.80. The van der Waals surface area contributed by atoms with Crippen LogP contribution in [0.2, 0.25) is 0 Å². The zero-order chi connectivity index (χ0) is 14.8. The van der Waals surface area contributed by atoms with E-state index in [0.717, 1.165) is 16.7 Å². The number of benzene rings is 2. The lowest BCUT2D eigenvalue weighted by Gasteiger charge is -2.20. The molecule has 3 rings (SSSR count). The number of nitrogens with zero attached hydrogens (tertiary/aromatic N) is 1. The molecule has 0 aliphatic rings. The molecule has 4 heteroatoms. The quantitative estimate of drug-likeness (QED) is 0.508. The van der Waals surface area contributed by atoms with Gasteiger partial charge >= 0.3 is 0 Å². The Hall–Kier alpha value is -2.43. The highest BCUT2D eigenvalue weighted by Gasteiger charge is 2.18. The Labute approximate surface area is 123 Å². The highest BCUT2D eigenvalue weighted by Crippen LogP contribution is 2.29. The van der Waals surface area contributed by atoms with E-state index in [0.29, 0.717) is 5.82 Å². The summed E-state index contributed by atoms with van der Waals surface area (Å²) in [7, 11) is 0. The van der Waals surface area contributed by atoms with E-state index < -0.39 is 0 Å². The Morgan fingerprint density at radius 1 is 1.05 bits per heavy atom. The predicted molar refractivity (Wildman–Crippen MR) is 86.5 cm³/mol. The first-order chi connectivity index (χ1) is 10.2. The van der Waals surface area contributed by atoms with Crippen LogP contribution in [0.3, 0.4) is 0 Å². The molecular weight excluding hydrogens is 260 g/mol. The van der Waals surface area contributed by atoms with Gasteiger partial charge in [0.05, 0.1) is 6.04 Å². The van der Waals surface area contributed by atoms with Crippen molar-refractivity contribution in [3.05, 3.63) is 71.4 Å². The van der Waals surface area contributed by atoms with Crippen molar-refractivity contribution in [1.29, 1.82) is 0 Å². The zero-order valence-corrected chi connectivity index (χ0v) is 11.9. The average Bonchev–Trinajstić information content (AvgIpc) is 2.50. The molecule has 21 heavy (non-hydrogen) atoms. The first kappa shape index (κ1) is 13.5. The van der Waals surface area contributed by atoms with Crippen molar-refractivity contribution in [3.8, 4) is 0 Å². The minimum atomic E-state index is -0.177. The Balaban J connectivity index is 2.14. The number of hydrogen-bond donors (Lipinski definition) is 3. The van der Waals surface area contributed by atoms with E-state index in [-0.39, 0.29) is 6.04 Å². The molecule has 1 atom stereocenters. The molecule has 0 spiro atoms. The van der Waals surface area contributed by atoms with Gasteiger partial charge < -0.3 is 5.73 Å². The molecule has 2 aromatic carbocycles. The minimum absolute atomic E-state index is 0.177. The molecule has 4 nitrogen and oxygen atoms in total. The molecular formula is C17H18N4. The number of pyridine rings is 1. The third-order valence-electron chi connectivity index (χ3n) is 3.80. The summed E-state index contributed by atoms with van der Waals surface area (Å²) < 4.78 is 0. The summed E-state index contributed by atoms with van der Waals surface area (Å²) in [6.45, 7) is 2.01. The fourth-order valence-electron chi connectivity index (χ4n) is 2.70. The van der Waals surface area contributed by atoms with Gasteiger partial charge in [-0.1, -0.05) is 36.4 Å². The number of anilines is 1. The zero-order valence-electron chi connectivity index (χ0n) is 11.9. The molecule has 0 aliphatic heterocycles. The van der Waals surface area contributed by atoms with Crippen molar-refractivity contribution in [2.45, 2.75) is 13.0 Å². The van der Waals surface area contributed by atoms with Gasteiger partial charge in [-0.3, -0.25) is 5.84 Å². The highest BCUT2D eigenvalue weighted by molar-refractivity contribution is 5.83. The fraction of sp³-hybridized carbons (Fsp3) is 0.118. The summed E-state index contributed by atoms with van der Waals surface area (Å²) in [5.74, 6) is 6.29. The van der Waals surface area contributed by atoms with Crippen LogP contribution in [0.1, 0.15) is 22.7 Å². The summed E-state index contributed by atoms with van der Waals surface area (Å²) in [6.07, 6.45) is 1.71. The van der Waals surface area contributed by atoms with Crippen LogP contribution in [0.15, 0.2) is 54.7 Å². The van der Waals surface area contributed by atoms with Crippen LogP contribution in [-0.4, -0.2) is 4.98 Å². The maximum atomic E-state index is 6.04. The van der Waals surface area contributed by atoms with Gasteiger partial charge in [-0.15, -0.1) is 0 Å². The molecule has 5 N–H and O–H groups in total. The second-order valence-electron chi connectivity index (χ2n) is 5.13. The summed E-state index contributed by atoms with van der Waals surface area (Å²) in [4.78, 5) is 4.18. The highest BCUT2D eigenvalue weighted by atomic mass is 15.2. The lowest BCUT2D eigenvalue weighted by Crippen LogP contribution is -2.30. The maximum Gasteiger partial charge on any atom is 0.128 e. The first-order valence-electron chi connectivity index (χ1n) is 6.86. The molecule has 0 radical (unpaired) electrons. The van der Waals surface area contributed by atoms with Crippen molar-refractivity contribution in [3.63, 3.8) is 0 Å². The molecule has 106 valence electrons. The summed E-state index contributed by atoms with van der Waals surface area (Å²) in [6, 6.07) is 16.3. The molecule has 0 fully saturated rings. The number of nitrogen functional groups attached to an aromatic ring is 1. The predicted octanol–water partition coefficient (Wildman–Crippen LogP) is 2.68. The second kappa shape index (κ2) is 5.52. The Morgan fingerprint density at radius 2 is 1.81 bits per heavy atom. The lowest BCUT2D eigenvalue weighted by atomic mass is 9.94. The smallest absolute Gasteiger partial charge is 0.128 e. The number of rotatable bonds is 3. The topological polar surface area (TPSA) is 77.0 Å². The number of aromatic nitrogens is 1. The third kappa shape index (κ3) is 2.46. The number of nitrogens with two attached hydrogens (primary N) is 2. The molecule has 1 heterocycles. The lowest BCUT2D eigenvalue weighted by molar-refractivity contribution is 0.634. The van der Waals surface area contributed by atoms with Crippen LogP contribution >= 0.6 is 0 Å². The Morgan fingerprint density at radius 3 is 2.52 bits per heavy atom. The van der Waals surface area contributed by atoms with Crippen molar-refractivity contribution < 1.29 is 0 Å². The van der Waals surface area contributed by atoms with Crippen LogP contribution in [0.25, 0.3) is 10.8 Å². The maximum absolute atomic E-state index is 6.04. The van der Waals surface area contributed by atoms with Gasteiger partial charge in [0.2, 0.25) is 0 Å². The molecule has 1 aromatic heterocycles. The number of nitrogens with one attached hydrogen (secondary N) is 1.